The van der Waals surface area contributed by atoms with Gasteiger partial charge in [0.1, 0.15) is 18.1 Å². The van der Waals surface area contributed by atoms with Gasteiger partial charge in [-0.3, -0.25) is 0 Å². The molecule has 5 nitrogen and oxygen atoms in total. The van der Waals surface area contributed by atoms with Crippen molar-refractivity contribution in [3.63, 3.8) is 0 Å². The first-order chi connectivity index (χ1) is 11.4. The fourth-order valence-corrected chi connectivity index (χ4v) is 3.22. The quantitative estimate of drug-likeness (QED) is 0.769. The molecule has 1 aromatic heterocycles. The molecule has 124 valence electrons. The Hall–Kier alpha value is -2.57. The van der Waals surface area contributed by atoms with Crippen LogP contribution in [0.2, 0.25) is 0 Å². The molecule has 3 rings (SSSR count). The van der Waals surface area contributed by atoms with Gasteiger partial charge >= 0.3 is 0 Å². The number of hydrogen-bond acceptors (Lipinski definition) is 4. The average Bonchev–Trinajstić information content (AvgIpc) is 2.95. The molecule has 3 aromatic rings. The molecule has 1 heterocycles. The van der Waals surface area contributed by atoms with E-state index >= 15 is 0 Å². The standard InChI is InChI=1S/C18H17NO4S/c1-13-11-15(18(23-13)24(19,20)21)12-22-17-10-6-5-9-16(17)14-7-3-2-4-8-14/h2-11H,12H2,1H3,(H2,19,20,21). The third kappa shape index (κ3) is 3.50. The predicted molar refractivity (Wildman–Crippen MR) is 91.0 cm³/mol. The molecule has 0 aliphatic heterocycles. The van der Waals surface area contributed by atoms with Crippen LogP contribution in [0.1, 0.15) is 11.3 Å². The Morgan fingerprint density at radius 1 is 1.04 bits per heavy atom. The molecule has 0 radical (unpaired) electrons. The fourth-order valence-electron chi connectivity index (χ4n) is 2.49. The van der Waals surface area contributed by atoms with Gasteiger partial charge in [0.15, 0.2) is 0 Å². The Morgan fingerprint density at radius 2 is 1.71 bits per heavy atom. The second kappa shape index (κ2) is 6.51. The highest BCUT2D eigenvalue weighted by Gasteiger charge is 2.20. The zero-order valence-corrected chi connectivity index (χ0v) is 13.9. The maximum Gasteiger partial charge on any atom is 0.271 e. The molecule has 0 spiro atoms. The van der Waals surface area contributed by atoms with E-state index in [9.17, 15) is 8.42 Å². The van der Waals surface area contributed by atoms with E-state index in [1.165, 1.54) is 0 Å². The van der Waals surface area contributed by atoms with Crippen LogP contribution in [0.15, 0.2) is 70.2 Å². The van der Waals surface area contributed by atoms with Crippen molar-refractivity contribution < 1.29 is 17.6 Å². The zero-order chi connectivity index (χ0) is 17.2. The van der Waals surface area contributed by atoms with Gasteiger partial charge in [0.25, 0.3) is 10.0 Å². The molecule has 24 heavy (non-hydrogen) atoms. The van der Waals surface area contributed by atoms with Crippen molar-refractivity contribution in [1.29, 1.82) is 0 Å². The van der Waals surface area contributed by atoms with Gasteiger partial charge in [0.2, 0.25) is 5.09 Å². The largest absolute Gasteiger partial charge is 0.488 e. The number of hydrogen-bond donors (Lipinski definition) is 1. The second-order valence-corrected chi connectivity index (χ2v) is 6.83. The number of ether oxygens (including phenoxy) is 1. The van der Waals surface area contributed by atoms with Crippen LogP contribution in [0.3, 0.4) is 0 Å². The van der Waals surface area contributed by atoms with Crippen LogP contribution >= 0.6 is 0 Å². The number of aryl methyl sites for hydroxylation is 1. The Kier molecular flexibility index (Phi) is 4.42. The number of rotatable bonds is 5. The fraction of sp³-hybridized carbons (Fsp3) is 0.111. The SMILES string of the molecule is Cc1cc(COc2ccccc2-c2ccccc2)c(S(N)(=O)=O)o1. The first-order valence-electron chi connectivity index (χ1n) is 7.34. The third-order valence-electron chi connectivity index (χ3n) is 3.51. The topological polar surface area (TPSA) is 82.5 Å². The van der Waals surface area contributed by atoms with Crippen molar-refractivity contribution in [3.8, 4) is 16.9 Å². The van der Waals surface area contributed by atoms with Crippen molar-refractivity contribution in [2.24, 2.45) is 5.14 Å². The summed E-state index contributed by atoms with van der Waals surface area (Å²) in [6.45, 7) is 1.71. The van der Waals surface area contributed by atoms with Gasteiger partial charge in [0, 0.05) is 11.1 Å². The molecule has 0 aliphatic rings. The Bertz CT molecular complexity index is 946. The van der Waals surface area contributed by atoms with E-state index in [2.05, 4.69) is 0 Å². The van der Waals surface area contributed by atoms with Crippen molar-refractivity contribution in [2.45, 2.75) is 18.6 Å². The Balaban J connectivity index is 1.90. The normalized spacial score (nSPS) is 11.4. The molecule has 0 fully saturated rings. The summed E-state index contributed by atoms with van der Waals surface area (Å²) >= 11 is 0. The van der Waals surface area contributed by atoms with Crippen LogP contribution in [-0.4, -0.2) is 8.42 Å². The molecule has 0 atom stereocenters. The number of sulfonamides is 1. The molecule has 2 N–H and O–H groups in total. The lowest BCUT2D eigenvalue weighted by Crippen LogP contribution is -2.14. The van der Waals surface area contributed by atoms with Crippen molar-refractivity contribution in [3.05, 3.63) is 72.0 Å². The van der Waals surface area contributed by atoms with E-state index in [-0.39, 0.29) is 11.7 Å². The van der Waals surface area contributed by atoms with E-state index in [1.54, 1.807) is 13.0 Å². The lowest BCUT2D eigenvalue weighted by molar-refractivity contribution is 0.296. The maximum atomic E-state index is 11.6. The number of benzene rings is 2. The summed E-state index contributed by atoms with van der Waals surface area (Å²) in [6.07, 6.45) is 0. The monoisotopic (exact) mass is 343 g/mol. The molecule has 6 heteroatoms. The lowest BCUT2D eigenvalue weighted by atomic mass is 10.1. The van der Waals surface area contributed by atoms with Crippen LogP contribution in [0.25, 0.3) is 11.1 Å². The highest BCUT2D eigenvalue weighted by atomic mass is 32.2. The van der Waals surface area contributed by atoms with Gasteiger partial charge in [-0.05, 0) is 24.6 Å². The average molecular weight is 343 g/mol. The molecule has 0 unspecified atom stereocenters. The van der Waals surface area contributed by atoms with E-state index in [0.717, 1.165) is 11.1 Å². The van der Waals surface area contributed by atoms with E-state index in [0.29, 0.717) is 17.1 Å². The Morgan fingerprint density at radius 3 is 2.42 bits per heavy atom. The minimum absolute atomic E-state index is 0.0486. The van der Waals surface area contributed by atoms with Crippen LogP contribution < -0.4 is 9.88 Å². The third-order valence-corrected chi connectivity index (χ3v) is 4.37. The number of nitrogens with two attached hydrogens (primary N) is 1. The van der Waals surface area contributed by atoms with Gasteiger partial charge in [-0.2, -0.15) is 0 Å². The molecule has 0 aliphatic carbocycles. The van der Waals surface area contributed by atoms with Crippen LogP contribution in [-0.2, 0) is 16.6 Å². The molecule has 0 bridgehead atoms. The first-order valence-corrected chi connectivity index (χ1v) is 8.89. The summed E-state index contributed by atoms with van der Waals surface area (Å²) in [7, 11) is -3.93. The predicted octanol–water partition coefficient (Wildman–Crippen LogP) is 3.48. The highest BCUT2D eigenvalue weighted by Crippen LogP contribution is 2.31. The van der Waals surface area contributed by atoms with Gasteiger partial charge in [0.05, 0.1) is 0 Å². The van der Waals surface area contributed by atoms with Crippen LogP contribution in [0.5, 0.6) is 5.75 Å². The molecule has 0 saturated heterocycles. The van der Waals surface area contributed by atoms with Crippen molar-refractivity contribution >= 4 is 10.0 Å². The van der Waals surface area contributed by atoms with E-state index in [4.69, 9.17) is 14.3 Å². The Labute approximate surface area is 140 Å². The van der Waals surface area contributed by atoms with Gasteiger partial charge in [-0.15, -0.1) is 0 Å². The number of para-hydroxylation sites is 1. The van der Waals surface area contributed by atoms with Crippen molar-refractivity contribution in [1.82, 2.24) is 0 Å². The van der Waals surface area contributed by atoms with Gasteiger partial charge in [-0.25, -0.2) is 13.6 Å². The smallest absolute Gasteiger partial charge is 0.271 e. The molecule has 0 amide bonds. The summed E-state index contributed by atoms with van der Waals surface area (Å²) in [5, 5.41) is 4.93. The van der Waals surface area contributed by atoms with Gasteiger partial charge < -0.3 is 9.15 Å². The minimum atomic E-state index is -3.93. The molecular formula is C18H17NO4S. The number of furan rings is 1. The summed E-state index contributed by atoms with van der Waals surface area (Å²) in [5.74, 6) is 1.12. The lowest BCUT2D eigenvalue weighted by Gasteiger charge is -2.11. The summed E-state index contributed by atoms with van der Waals surface area (Å²) in [5.41, 5.74) is 2.34. The van der Waals surface area contributed by atoms with Crippen molar-refractivity contribution in [2.75, 3.05) is 0 Å². The maximum absolute atomic E-state index is 11.6. The highest BCUT2D eigenvalue weighted by molar-refractivity contribution is 7.89. The van der Waals surface area contributed by atoms with Crippen LogP contribution in [0, 0.1) is 6.92 Å². The minimum Gasteiger partial charge on any atom is -0.488 e. The van der Waals surface area contributed by atoms with Crippen LogP contribution in [0.4, 0.5) is 0 Å². The van der Waals surface area contributed by atoms with E-state index in [1.807, 2.05) is 54.6 Å². The van der Waals surface area contributed by atoms with Gasteiger partial charge in [-0.1, -0.05) is 48.5 Å². The zero-order valence-electron chi connectivity index (χ0n) is 13.1. The molecular weight excluding hydrogens is 326 g/mol. The summed E-state index contributed by atoms with van der Waals surface area (Å²) in [4.78, 5) is 0. The van der Waals surface area contributed by atoms with E-state index < -0.39 is 10.0 Å². The summed E-state index contributed by atoms with van der Waals surface area (Å²) in [6, 6.07) is 19.0. The second-order valence-electron chi connectivity index (χ2n) is 5.37. The molecule has 0 saturated carbocycles. The first kappa shape index (κ1) is 16.3. The summed E-state index contributed by atoms with van der Waals surface area (Å²) < 4.78 is 34.2. The molecule has 2 aromatic carbocycles. The number of primary sulfonamides is 1.